The van der Waals surface area contributed by atoms with Crippen molar-refractivity contribution in [3.8, 4) is 11.8 Å². The van der Waals surface area contributed by atoms with E-state index in [1.165, 1.54) is 11.0 Å². The second-order valence-electron chi connectivity index (χ2n) is 9.59. The number of anilines is 2. The van der Waals surface area contributed by atoms with E-state index in [0.29, 0.717) is 18.5 Å². The zero-order chi connectivity index (χ0) is 25.7. The molecule has 0 N–H and O–H groups in total. The van der Waals surface area contributed by atoms with Crippen LogP contribution in [0.3, 0.4) is 0 Å². The van der Waals surface area contributed by atoms with Crippen LogP contribution in [0, 0.1) is 11.3 Å². The van der Waals surface area contributed by atoms with Crippen LogP contribution in [0.2, 0.25) is 0 Å². The van der Waals surface area contributed by atoms with Crippen molar-refractivity contribution in [2.75, 3.05) is 29.9 Å². The summed E-state index contributed by atoms with van der Waals surface area (Å²) in [6.45, 7) is 6.04. The Morgan fingerprint density at radius 2 is 1.83 bits per heavy atom. The Morgan fingerprint density at radius 1 is 1.17 bits per heavy atom. The number of halogens is 3. The van der Waals surface area contributed by atoms with Crippen LogP contribution in [0.4, 0.5) is 24.5 Å². The Labute approximate surface area is 207 Å². The number of benzene rings is 1. The average molecular weight is 498 g/mol. The van der Waals surface area contributed by atoms with Crippen molar-refractivity contribution in [3.05, 3.63) is 60.2 Å². The normalized spacial score (nSPS) is 20.5. The van der Waals surface area contributed by atoms with Crippen LogP contribution in [-0.2, 0) is 11.0 Å². The summed E-state index contributed by atoms with van der Waals surface area (Å²) in [5, 5.41) is 9.07. The highest BCUT2D eigenvalue weighted by Crippen LogP contribution is 2.50. The summed E-state index contributed by atoms with van der Waals surface area (Å²) in [5.41, 5.74) is -2.17. The van der Waals surface area contributed by atoms with Crippen molar-refractivity contribution in [3.63, 3.8) is 0 Å². The number of nitrogens with zero attached hydrogens (tertiary/aromatic N) is 5. The molecule has 2 aliphatic heterocycles. The highest BCUT2D eigenvalue weighted by Gasteiger charge is 2.59. The highest BCUT2D eigenvalue weighted by atomic mass is 19.4. The molecule has 3 heterocycles. The molecule has 1 aromatic carbocycles. The fourth-order valence-corrected chi connectivity index (χ4v) is 5.23. The van der Waals surface area contributed by atoms with Gasteiger partial charge in [0.05, 0.1) is 17.4 Å². The number of likely N-dealkylation sites (tertiary alicyclic amines) is 1. The van der Waals surface area contributed by atoms with Gasteiger partial charge in [0.1, 0.15) is 29.3 Å². The minimum absolute atomic E-state index is 0.0627. The molecule has 2 aromatic rings. The number of hydrogen-bond acceptors (Lipinski definition) is 6. The van der Waals surface area contributed by atoms with Crippen LogP contribution in [-0.4, -0.2) is 47.6 Å². The van der Waals surface area contributed by atoms with Crippen LogP contribution >= 0.6 is 0 Å². The molecule has 188 valence electrons. The van der Waals surface area contributed by atoms with Gasteiger partial charge < -0.3 is 14.5 Å². The first-order chi connectivity index (χ1) is 17.1. The lowest BCUT2D eigenvalue weighted by molar-refractivity contribution is -0.138. The van der Waals surface area contributed by atoms with Gasteiger partial charge in [0, 0.05) is 18.8 Å². The molecule has 0 radical (unpaired) electrons. The fraction of sp³-hybridized carbons (Fsp3) is 0.423. The number of rotatable bonds is 4. The van der Waals surface area contributed by atoms with Gasteiger partial charge in [0.2, 0.25) is 0 Å². The lowest BCUT2D eigenvalue weighted by atomic mass is 9.75. The molecule has 1 amide bonds. The Balaban J connectivity index is 1.43. The predicted octanol–water partition coefficient (Wildman–Crippen LogP) is 4.69. The second-order valence-corrected chi connectivity index (χ2v) is 9.59. The van der Waals surface area contributed by atoms with E-state index in [-0.39, 0.29) is 23.5 Å². The number of aromatic nitrogens is 1. The van der Waals surface area contributed by atoms with Crippen LogP contribution in [0.15, 0.2) is 48.9 Å². The largest absolute Gasteiger partial charge is 0.490 e. The van der Waals surface area contributed by atoms with E-state index in [1.807, 2.05) is 29.2 Å². The topological polar surface area (TPSA) is 72.7 Å². The van der Waals surface area contributed by atoms with E-state index in [2.05, 4.69) is 23.5 Å². The van der Waals surface area contributed by atoms with Gasteiger partial charge in [-0.3, -0.25) is 9.69 Å². The molecule has 2 saturated heterocycles. The number of amides is 1. The van der Waals surface area contributed by atoms with Crippen LogP contribution < -0.4 is 14.5 Å². The van der Waals surface area contributed by atoms with Gasteiger partial charge in [0.15, 0.2) is 5.69 Å². The van der Waals surface area contributed by atoms with Gasteiger partial charge in [-0.1, -0.05) is 6.58 Å². The highest BCUT2D eigenvalue weighted by molar-refractivity contribution is 6.10. The molecule has 3 aliphatic rings. The van der Waals surface area contributed by atoms with Crippen molar-refractivity contribution in [2.45, 2.75) is 49.9 Å². The molecule has 5 rings (SSSR count). The zero-order valence-electron chi connectivity index (χ0n) is 19.9. The van der Waals surface area contributed by atoms with Crippen molar-refractivity contribution >= 4 is 17.3 Å². The standard InChI is InChI=1S/C26H26F3N5O2/c1-17-33(19-14-22(26(27,28)29)23(15-30)31-16-19)24(35)25(10-3-11-25)34(17)18-4-6-20(7-5-18)36-21-8-12-32(2)13-9-21/h4-7,14,16,21H,1,3,8-13H2,2H3. The number of hydrogen-bond donors (Lipinski definition) is 0. The summed E-state index contributed by atoms with van der Waals surface area (Å²) < 4.78 is 46.8. The average Bonchev–Trinajstić information content (AvgIpc) is 3.07. The summed E-state index contributed by atoms with van der Waals surface area (Å²) >= 11 is 0. The molecule has 7 nitrogen and oxygen atoms in total. The minimum Gasteiger partial charge on any atom is -0.490 e. The molecule has 0 atom stereocenters. The Kier molecular flexibility index (Phi) is 5.91. The maximum absolute atomic E-state index is 13.6. The molecular weight excluding hydrogens is 471 g/mol. The molecule has 1 saturated carbocycles. The van der Waals surface area contributed by atoms with Crippen molar-refractivity contribution in [1.82, 2.24) is 9.88 Å². The molecular formula is C26H26F3N5O2. The number of piperidine rings is 1. The van der Waals surface area contributed by atoms with Gasteiger partial charge in [-0.05, 0) is 69.5 Å². The minimum atomic E-state index is -4.78. The van der Waals surface area contributed by atoms with E-state index in [4.69, 9.17) is 10.00 Å². The van der Waals surface area contributed by atoms with Gasteiger partial charge in [-0.15, -0.1) is 0 Å². The monoisotopic (exact) mass is 497 g/mol. The van der Waals surface area contributed by atoms with E-state index < -0.39 is 23.0 Å². The Bertz CT molecular complexity index is 1230. The third-order valence-corrected chi connectivity index (χ3v) is 7.33. The lowest BCUT2D eigenvalue weighted by Gasteiger charge is -2.43. The van der Waals surface area contributed by atoms with E-state index in [0.717, 1.165) is 50.4 Å². The number of carbonyl (C=O) groups is 1. The smallest absolute Gasteiger partial charge is 0.419 e. The number of ether oxygens (including phenoxy) is 1. The first-order valence-electron chi connectivity index (χ1n) is 11.9. The Hall–Kier alpha value is -3.58. The molecule has 1 aliphatic carbocycles. The van der Waals surface area contributed by atoms with Crippen LogP contribution in [0.25, 0.3) is 0 Å². The molecule has 0 unspecified atom stereocenters. The SMILES string of the molecule is C=C1N(c2cnc(C#N)c(C(F)(F)F)c2)C(=O)C2(CCC2)N1c1ccc(OC2CCN(C)CC2)cc1. The number of alkyl halides is 3. The zero-order valence-corrected chi connectivity index (χ0v) is 19.9. The van der Waals surface area contributed by atoms with Gasteiger partial charge in [-0.2, -0.15) is 18.4 Å². The number of carbonyl (C=O) groups excluding carboxylic acids is 1. The predicted molar refractivity (Wildman–Crippen MR) is 127 cm³/mol. The van der Waals surface area contributed by atoms with Crippen molar-refractivity contribution < 1.29 is 22.7 Å². The number of pyridine rings is 1. The van der Waals surface area contributed by atoms with Gasteiger partial charge in [-0.25, -0.2) is 4.98 Å². The van der Waals surface area contributed by atoms with Crippen LogP contribution in [0.1, 0.15) is 43.4 Å². The summed E-state index contributed by atoms with van der Waals surface area (Å²) in [5.74, 6) is 0.642. The van der Waals surface area contributed by atoms with Crippen molar-refractivity contribution in [2.24, 2.45) is 0 Å². The lowest BCUT2D eigenvalue weighted by Crippen LogP contribution is -2.54. The van der Waals surface area contributed by atoms with Gasteiger partial charge in [0.25, 0.3) is 5.91 Å². The van der Waals surface area contributed by atoms with Gasteiger partial charge >= 0.3 is 6.18 Å². The van der Waals surface area contributed by atoms with Crippen molar-refractivity contribution in [1.29, 1.82) is 5.26 Å². The molecule has 0 bridgehead atoms. The summed E-state index contributed by atoms with van der Waals surface area (Å²) in [7, 11) is 2.09. The third kappa shape index (κ3) is 3.97. The first-order valence-corrected chi connectivity index (χ1v) is 11.9. The summed E-state index contributed by atoms with van der Waals surface area (Å²) in [6, 6.07) is 9.67. The second kappa shape index (κ2) is 8.82. The first kappa shape index (κ1) is 24.1. The Morgan fingerprint density at radius 3 is 2.39 bits per heavy atom. The van der Waals surface area contributed by atoms with E-state index >= 15 is 0 Å². The summed E-state index contributed by atoms with van der Waals surface area (Å²) in [4.78, 5) is 22.5. The molecule has 1 aromatic heterocycles. The molecule has 1 spiro atoms. The molecule has 3 fully saturated rings. The molecule has 36 heavy (non-hydrogen) atoms. The maximum atomic E-state index is 13.6. The van der Waals surface area contributed by atoms with E-state index in [9.17, 15) is 18.0 Å². The number of nitriles is 1. The fourth-order valence-electron chi connectivity index (χ4n) is 5.23. The third-order valence-electron chi connectivity index (χ3n) is 7.33. The quantitative estimate of drug-likeness (QED) is 0.610. The van der Waals surface area contributed by atoms with E-state index in [1.54, 1.807) is 0 Å². The van der Waals surface area contributed by atoms with Crippen LogP contribution in [0.5, 0.6) is 5.75 Å². The summed E-state index contributed by atoms with van der Waals surface area (Å²) in [6.07, 6.45) is 0.325. The molecule has 10 heteroatoms. The maximum Gasteiger partial charge on any atom is 0.419 e.